The van der Waals surface area contributed by atoms with Crippen molar-refractivity contribution in [2.45, 2.75) is 12.8 Å². The van der Waals surface area contributed by atoms with E-state index in [0.717, 1.165) is 0 Å². The van der Waals surface area contributed by atoms with Crippen LogP contribution < -0.4 is 5.32 Å². The Morgan fingerprint density at radius 3 is 2.40 bits per heavy atom. The zero-order valence-electron chi connectivity index (χ0n) is 7.96. The molecule has 0 aliphatic carbocycles. The van der Waals surface area contributed by atoms with Crippen LogP contribution in [0, 0.1) is 0 Å². The first-order valence-electron chi connectivity index (χ1n) is 4.48. The highest BCUT2D eigenvalue weighted by molar-refractivity contribution is 6.35. The first kappa shape index (κ1) is 12.3. The SMILES string of the molecule is O=C(CCCO)Nc1cc(Cl)cc(Cl)c1. The highest BCUT2D eigenvalue weighted by atomic mass is 35.5. The van der Waals surface area contributed by atoms with Crippen molar-refractivity contribution in [2.75, 3.05) is 11.9 Å². The lowest BCUT2D eigenvalue weighted by Gasteiger charge is -2.05. The number of carbonyl (C=O) groups is 1. The molecule has 0 aliphatic rings. The number of benzene rings is 1. The average molecular weight is 248 g/mol. The lowest BCUT2D eigenvalue weighted by atomic mass is 10.2. The van der Waals surface area contributed by atoms with E-state index in [4.69, 9.17) is 28.3 Å². The molecule has 1 aromatic rings. The van der Waals surface area contributed by atoms with Crippen LogP contribution in [0.1, 0.15) is 12.8 Å². The van der Waals surface area contributed by atoms with Crippen LogP contribution in [-0.4, -0.2) is 17.6 Å². The molecule has 3 nitrogen and oxygen atoms in total. The van der Waals surface area contributed by atoms with Gasteiger partial charge in [-0.25, -0.2) is 0 Å². The van der Waals surface area contributed by atoms with Crippen LogP contribution in [0.25, 0.3) is 0 Å². The van der Waals surface area contributed by atoms with Gasteiger partial charge in [0.25, 0.3) is 0 Å². The summed E-state index contributed by atoms with van der Waals surface area (Å²) in [6, 6.07) is 4.82. The van der Waals surface area contributed by atoms with Crippen molar-refractivity contribution in [3.8, 4) is 0 Å². The van der Waals surface area contributed by atoms with Crippen LogP contribution in [0.15, 0.2) is 18.2 Å². The number of halogens is 2. The molecule has 0 saturated carbocycles. The minimum Gasteiger partial charge on any atom is -0.396 e. The third-order valence-corrected chi connectivity index (χ3v) is 2.14. The minimum absolute atomic E-state index is 0.00369. The second-order valence-corrected chi connectivity index (χ2v) is 3.91. The predicted molar refractivity (Wildman–Crippen MR) is 61.4 cm³/mol. The van der Waals surface area contributed by atoms with Crippen LogP contribution >= 0.6 is 23.2 Å². The predicted octanol–water partition coefficient (Wildman–Crippen LogP) is 2.70. The van der Waals surface area contributed by atoms with E-state index in [-0.39, 0.29) is 18.9 Å². The fourth-order valence-electron chi connectivity index (χ4n) is 1.09. The van der Waals surface area contributed by atoms with Gasteiger partial charge in [0.2, 0.25) is 5.91 Å². The van der Waals surface area contributed by atoms with Gasteiger partial charge in [-0.3, -0.25) is 4.79 Å². The zero-order valence-corrected chi connectivity index (χ0v) is 9.48. The zero-order chi connectivity index (χ0) is 11.3. The highest BCUT2D eigenvalue weighted by Crippen LogP contribution is 2.22. The Balaban J connectivity index is 2.60. The summed E-state index contributed by atoms with van der Waals surface area (Å²) in [5, 5.41) is 12.1. The van der Waals surface area contributed by atoms with Crippen LogP contribution in [0.5, 0.6) is 0 Å². The molecule has 0 aromatic heterocycles. The molecule has 5 heteroatoms. The molecule has 0 spiro atoms. The molecule has 2 N–H and O–H groups in total. The summed E-state index contributed by atoms with van der Waals surface area (Å²) < 4.78 is 0. The van der Waals surface area contributed by atoms with Gasteiger partial charge in [-0.15, -0.1) is 0 Å². The molecule has 0 fully saturated rings. The van der Waals surface area contributed by atoms with E-state index in [1.807, 2.05) is 0 Å². The van der Waals surface area contributed by atoms with E-state index in [1.165, 1.54) is 0 Å². The maximum Gasteiger partial charge on any atom is 0.224 e. The van der Waals surface area contributed by atoms with Crippen molar-refractivity contribution in [3.05, 3.63) is 28.2 Å². The summed E-state index contributed by atoms with van der Waals surface area (Å²) in [4.78, 5) is 11.3. The van der Waals surface area contributed by atoms with Gasteiger partial charge in [-0.1, -0.05) is 23.2 Å². The summed E-state index contributed by atoms with van der Waals surface area (Å²) in [6.45, 7) is 0.00369. The van der Waals surface area contributed by atoms with Gasteiger partial charge in [0, 0.05) is 28.8 Å². The molecule has 0 unspecified atom stereocenters. The summed E-state index contributed by atoms with van der Waals surface area (Å²) in [7, 11) is 0. The number of hydrogen-bond donors (Lipinski definition) is 2. The second kappa shape index (κ2) is 5.95. The highest BCUT2D eigenvalue weighted by Gasteiger charge is 2.03. The Labute approximate surface area is 98.0 Å². The lowest BCUT2D eigenvalue weighted by molar-refractivity contribution is -0.116. The number of anilines is 1. The number of aliphatic hydroxyl groups excluding tert-OH is 1. The third-order valence-electron chi connectivity index (χ3n) is 1.71. The van der Waals surface area contributed by atoms with Gasteiger partial charge in [-0.2, -0.15) is 0 Å². The Bertz CT molecular complexity index is 335. The molecule has 82 valence electrons. The summed E-state index contributed by atoms with van der Waals surface area (Å²) in [5.74, 6) is -0.164. The van der Waals surface area contributed by atoms with E-state index < -0.39 is 0 Å². The van der Waals surface area contributed by atoms with Crippen molar-refractivity contribution in [3.63, 3.8) is 0 Å². The number of aliphatic hydroxyl groups is 1. The third kappa shape index (κ3) is 4.51. The Morgan fingerprint density at radius 2 is 1.87 bits per heavy atom. The van der Waals surface area contributed by atoms with E-state index >= 15 is 0 Å². The van der Waals surface area contributed by atoms with Crippen molar-refractivity contribution in [1.82, 2.24) is 0 Å². The maximum absolute atomic E-state index is 11.3. The first-order chi connectivity index (χ1) is 7.11. The molecule has 0 radical (unpaired) electrons. The average Bonchev–Trinajstić information content (AvgIpc) is 2.13. The lowest BCUT2D eigenvalue weighted by Crippen LogP contribution is -2.11. The van der Waals surface area contributed by atoms with Crippen LogP contribution in [0.3, 0.4) is 0 Å². The standard InChI is InChI=1S/C10H11Cl2NO2/c11-7-4-8(12)6-9(5-7)13-10(15)2-1-3-14/h4-6,14H,1-3H2,(H,13,15). The second-order valence-electron chi connectivity index (χ2n) is 3.03. The van der Waals surface area contributed by atoms with E-state index in [9.17, 15) is 4.79 Å². The molecular weight excluding hydrogens is 237 g/mol. The molecule has 0 atom stereocenters. The van der Waals surface area contributed by atoms with Gasteiger partial charge < -0.3 is 10.4 Å². The van der Waals surface area contributed by atoms with Gasteiger partial charge in [-0.05, 0) is 24.6 Å². The number of hydrogen-bond acceptors (Lipinski definition) is 2. The van der Waals surface area contributed by atoms with E-state index in [2.05, 4.69) is 5.32 Å². The van der Waals surface area contributed by atoms with Crippen LogP contribution in [0.2, 0.25) is 10.0 Å². The monoisotopic (exact) mass is 247 g/mol. The van der Waals surface area contributed by atoms with Crippen molar-refractivity contribution >= 4 is 34.8 Å². The van der Waals surface area contributed by atoms with E-state index in [0.29, 0.717) is 22.2 Å². The van der Waals surface area contributed by atoms with Crippen molar-refractivity contribution in [1.29, 1.82) is 0 Å². The molecule has 0 aliphatic heterocycles. The van der Waals surface area contributed by atoms with Crippen molar-refractivity contribution < 1.29 is 9.90 Å². The molecular formula is C10H11Cl2NO2. The number of rotatable bonds is 4. The van der Waals surface area contributed by atoms with Gasteiger partial charge in [0.05, 0.1) is 0 Å². The fourth-order valence-corrected chi connectivity index (χ4v) is 1.62. The smallest absolute Gasteiger partial charge is 0.224 e. The summed E-state index contributed by atoms with van der Waals surface area (Å²) in [6.07, 6.45) is 0.723. The number of carbonyl (C=O) groups excluding carboxylic acids is 1. The largest absolute Gasteiger partial charge is 0.396 e. The van der Waals surface area contributed by atoms with E-state index in [1.54, 1.807) is 18.2 Å². The van der Waals surface area contributed by atoms with Crippen LogP contribution in [-0.2, 0) is 4.79 Å². The van der Waals surface area contributed by atoms with Crippen LogP contribution in [0.4, 0.5) is 5.69 Å². The molecule has 15 heavy (non-hydrogen) atoms. The minimum atomic E-state index is -0.164. The number of amides is 1. The molecule has 1 amide bonds. The van der Waals surface area contributed by atoms with Gasteiger partial charge >= 0.3 is 0 Å². The fraction of sp³-hybridized carbons (Fsp3) is 0.300. The summed E-state index contributed by atoms with van der Waals surface area (Å²) >= 11 is 11.5. The molecule has 0 heterocycles. The Hall–Kier alpha value is -0.770. The van der Waals surface area contributed by atoms with Gasteiger partial charge in [0.15, 0.2) is 0 Å². The Morgan fingerprint density at radius 1 is 1.27 bits per heavy atom. The maximum atomic E-state index is 11.3. The normalized spacial score (nSPS) is 10.1. The van der Waals surface area contributed by atoms with Gasteiger partial charge in [0.1, 0.15) is 0 Å². The topological polar surface area (TPSA) is 49.3 Å². The summed E-state index contributed by atoms with van der Waals surface area (Å²) in [5.41, 5.74) is 0.565. The Kier molecular flexibility index (Phi) is 4.88. The van der Waals surface area contributed by atoms with Crippen molar-refractivity contribution in [2.24, 2.45) is 0 Å². The molecule has 0 saturated heterocycles. The molecule has 1 rings (SSSR count). The number of nitrogens with one attached hydrogen (secondary N) is 1. The molecule has 1 aromatic carbocycles. The quantitative estimate of drug-likeness (QED) is 0.860. The molecule has 0 bridgehead atoms. The first-order valence-corrected chi connectivity index (χ1v) is 5.24.